The van der Waals surface area contributed by atoms with Crippen LogP contribution in [0, 0.1) is 19.7 Å². The molecule has 0 aliphatic rings. The summed E-state index contributed by atoms with van der Waals surface area (Å²) >= 11 is 0. The van der Waals surface area contributed by atoms with Crippen LogP contribution in [-0.4, -0.2) is 49.6 Å². The van der Waals surface area contributed by atoms with Crippen molar-refractivity contribution in [2.24, 2.45) is 0 Å². The highest BCUT2D eigenvalue weighted by molar-refractivity contribution is 7.88. The average Bonchev–Trinajstić information content (AvgIpc) is 3.09. The van der Waals surface area contributed by atoms with Gasteiger partial charge in [-0.1, -0.05) is 23.4 Å². The number of aromatic nitrogens is 3. The Balaban J connectivity index is 1.74. The van der Waals surface area contributed by atoms with Crippen LogP contribution in [0.2, 0.25) is 0 Å². The molecule has 0 fully saturated rings. The maximum atomic E-state index is 14.3. The first-order valence-electron chi connectivity index (χ1n) is 9.75. The van der Waals surface area contributed by atoms with E-state index in [1.165, 1.54) is 17.9 Å². The topological polar surface area (TPSA) is 115 Å². The Morgan fingerprint density at radius 2 is 1.97 bits per heavy atom. The molecule has 0 aliphatic heterocycles. The summed E-state index contributed by atoms with van der Waals surface area (Å²) in [5.41, 5.74) is 2.24. The standard InChI is InChI=1S/C21H24FN5O4S/c1-14-7-8-19(18(22)11-14)27-15(2)20(25-26-27)21(28)24-17-6-4-5-16(12-17)13-32(29,30)23-9-10-31-3/h4-8,11-12,23H,9-10,13H2,1-3H3,(H,24,28). The monoisotopic (exact) mass is 461 g/mol. The molecule has 2 N–H and O–H groups in total. The van der Waals surface area contributed by atoms with Crippen molar-refractivity contribution in [2.45, 2.75) is 19.6 Å². The summed E-state index contributed by atoms with van der Waals surface area (Å²) in [7, 11) is -2.07. The predicted molar refractivity (Wildman–Crippen MR) is 118 cm³/mol. The van der Waals surface area contributed by atoms with Gasteiger partial charge in [-0.15, -0.1) is 5.10 Å². The van der Waals surface area contributed by atoms with Crippen molar-refractivity contribution in [3.63, 3.8) is 0 Å². The van der Waals surface area contributed by atoms with Crippen LogP contribution < -0.4 is 10.0 Å². The summed E-state index contributed by atoms with van der Waals surface area (Å²) in [5, 5.41) is 10.5. The van der Waals surface area contributed by atoms with Gasteiger partial charge >= 0.3 is 0 Å². The number of rotatable bonds is 9. The Labute approximate surface area is 185 Å². The van der Waals surface area contributed by atoms with E-state index < -0.39 is 21.7 Å². The number of ether oxygens (including phenoxy) is 1. The van der Waals surface area contributed by atoms with Gasteiger partial charge in [-0.2, -0.15) is 0 Å². The zero-order valence-corrected chi connectivity index (χ0v) is 18.7. The smallest absolute Gasteiger partial charge is 0.278 e. The molecule has 170 valence electrons. The normalized spacial score (nSPS) is 11.5. The van der Waals surface area contributed by atoms with Crippen LogP contribution in [0.4, 0.5) is 10.1 Å². The highest BCUT2D eigenvalue weighted by Crippen LogP contribution is 2.19. The van der Waals surface area contributed by atoms with Crippen molar-refractivity contribution in [1.29, 1.82) is 0 Å². The number of carbonyl (C=O) groups excluding carboxylic acids is 1. The van der Waals surface area contributed by atoms with E-state index in [9.17, 15) is 17.6 Å². The van der Waals surface area contributed by atoms with Crippen molar-refractivity contribution < 1.29 is 22.3 Å². The maximum Gasteiger partial charge on any atom is 0.278 e. The van der Waals surface area contributed by atoms with E-state index in [-0.39, 0.29) is 30.3 Å². The third-order valence-corrected chi connectivity index (χ3v) is 5.97. The van der Waals surface area contributed by atoms with Gasteiger partial charge in [0.15, 0.2) is 5.69 Å². The summed E-state index contributed by atoms with van der Waals surface area (Å²) in [6.07, 6.45) is 0. The Morgan fingerprint density at radius 3 is 2.69 bits per heavy atom. The number of aryl methyl sites for hydroxylation is 1. The molecule has 0 saturated heterocycles. The Bertz CT molecular complexity index is 1230. The first-order chi connectivity index (χ1) is 15.2. The molecule has 32 heavy (non-hydrogen) atoms. The lowest BCUT2D eigenvalue weighted by molar-refractivity contribution is 0.102. The van der Waals surface area contributed by atoms with Crippen molar-refractivity contribution in [3.8, 4) is 5.69 Å². The minimum atomic E-state index is -3.55. The molecule has 2 aromatic carbocycles. The quantitative estimate of drug-likeness (QED) is 0.473. The van der Waals surface area contributed by atoms with Gasteiger partial charge in [0.1, 0.15) is 11.5 Å². The lowest BCUT2D eigenvalue weighted by Gasteiger charge is -2.09. The van der Waals surface area contributed by atoms with Gasteiger partial charge in [-0.25, -0.2) is 22.2 Å². The summed E-state index contributed by atoms with van der Waals surface area (Å²) in [4.78, 5) is 12.7. The Kier molecular flexibility index (Phi) is 7.33. The summed E-state index contributed by atoms with van der Waals surface area (Å²) < 4.78 is 47.1. The van der Waals surface area contributed by atoms with Gasteiger partial charge in [0.05, 0.1) is 18.1 Å². The number of carbonyl (C=O) groups is 1. The van der Waals surface area contributed by atoms with Crippen molar-refractivity contribution in [3.05, 3.63) is 70.8 Å². The first kappa shape index (κ1) is 23.5. The minimum Gasteiger partial charge on any atom is -0.383 e. The van der Waals surface area contributed by atoms with Gasteiger partial charge in [0, 0.05) is 19.3 Å². The van der Waals surface area contributed by atoms with Crippen LogP contribution >= 0.6 is 0 Å². The van der Waals surface area contributed by atoms with Crippen LogP contribution in [0.5, 0.6) is 0 Å². The second-order valence-electron chi connectivity index (χ2n) is 7.19. The van der Waals surface area contributed by atoms with Gasteiger partial charge < -0.3 is 10.1 Å². The molecule has 9 nitrogen and oxygen atoms in total. The third-order valence-electron chi connectivity index (χ3n) is 4.61. The zero-order chi connectivity index (χ0) is 23.3. The SMILES string of the molecule is COCCNS(=O)(=O)Cc1cccc(NC(=O)c2nnn(-c3ccc(C)cc3F)c2C)c1. The molecule has 1 aromatic heterocycles. The molecule has 0 aliphatic carbocycles. The average molecular weight is 462 g/mol. The molecule has 1 heterocycles. The number of nitrogens with zero attached hydrogens (tertiary/aromatic N) is 3. The molecule has 0 spiro atoms. The van der Waals surface area contributed by atoms with E-state index in [2.05, 4.69) is 20.4 Å². The fourth-order valence-corrected chi connectivity index (χ4v) is 4.17. The van der Waals surface area contributed by atoms with E-state index in [0.29, 0.717) is 16.9 Å². The van der Waals surface area contributed by atoms with Crippen LogP contribution in [0.3, 0.4) is 0 Å². The second kappa shape index (κ2) is 9.98. The number of nitrogens with one attached hydrogen (secondary N) is 2. The van der Waals surface area contributed by atoms with Crippen LogP contribution in [0.25, 0.3) is 5.69 Å². The molecular weight excluding hydrogens is 437 g/mol. The van der Waals surface area contributed by atoms with E-state index in [4.69, 9.17) is 4.74 Å². The largest absolute Gasteiger partial charge is 0.383 e. The highest BCUT2D eigenvalue weighted by atomic mass is 32.2. The molecule has 11 heteroatoms. The number of halogens is 1. The molecular formula is C21H24FN5O4S. The summed E-state index contributed by atoms with van der Waals surface area (Å²) in [6.45, 7) is 3.82. The third kappa shape index (κ3) is 5.75. The fraction of sp³-hybridized carbons (Fsp3) is 0.286. The molecule has 0 radical (unpaired) electrons. The predicted octanol–water partition coefficient (Wildman–Crippen LogP) is 2.34. The Morgan fingerprint density at radius 1 is 1.19 bits per heavy atom. The van der Waals surface area contributed by atoms with E-state index in [1.807, 2.05) is 0 Å². The van der Waals surface area contributed by atoms with Gasteiger partial charge in [-0.05, 0) is 49.2 Å². The van der Waals surface area contributed by atoms with Crippen molar-refractivity contribution >= 4 is 21.6 Å². The molecule has 0 saturated carbocycles. The molecule has 3 aromatic rings. The molecule has 3 rings (SSSR count). The molecule has 0 bridgehead atoms. The summed E-state index contributed by atoms with van der Waals surface area (Å²) in [5.74, 6) is -1.26. The highest BCUT2D eigenvalue weighted by Gasteiger charge is 2.19. The van der Waals surface area contributed by atoms with E-state index >= 15 is 0 Å². The van der Waals surface area contributed by atoms with E-state index in [1.54, 1.807) is 50.2 Å². The lowest BCUT2D eigenvalue weighted by Crippen LogP contribution is -2.28. The maximum absolute atomic E-state index is 14.3. The van der Waals surface area contributed by atoms with Gasteiger partial charge in [-0.3, -0.25) is 4.79 Å². The number of sulfonamides is 1. The lowest BCUT2D eigenvalue weighted by atomic mass is 10.2. The minimum absolute atomic E-state index is 0.0317. The van der Waals surface area contributed by atoms with Gasteiger partial charge in [0.25, 0.3) is 5.91 Å². The molecule has 0 unspecified atom stereocenters. The second-order valence-corrected chi connectivity index (χ2v) is 9.00. The number of hydrogen-bond acceptors (Lipinski definition) is 6. The number of benzene rings is 2. The first-order valence-corrected chi connectivity index (χ1v) is 11.4. The number of methoxy groups -OCH3 is 1. The fourth-order valence-electron chi connectivity index (χ4n) is 3.05. The molecule has 0 atom stereocenters. The van der Waals surface area contributed by atoms with E-state index in [0.717, 1.165) is 5.56 Å². The van der Waals surface area contributed by atoms with Crippen LogP contribution in [0.1, 0.15) is 27.3 Å². The van der Waals surface area contributed by atoms with Crippen LogP contribution in [0.15, 0.2) is 42.5 Å². The molecule has 1 amide bonds. The number of amides is 1. The Hall–Kier alpha value is -3.15. The zero-order valence-electron chi connectivity index (χ0n) is 17.9. The number of anilines is 1. The summed E-state index contributed by atoms with van der Waals surface area (Å²) in [6, 6.07) is 11.2. The van der Waals surface area contributed by atoms with Gasteiger partial charge in [0.2, 0.25) is 10.0 Å². The van der Waals surface area contributed by atoms with Crippen molar-refractivity contribution in [1.82, 2.24) is 19.7 Å². The van der Waals surface area contributed by atoms with Crippen molar-refractivity contribution in [2.75, 3.05) is 25.6 Å². The van der Waals surface area contributed by atoms with Crippen LogP contribution in [-0.2, 0) is 20.5 Å². The number of hydrogen-bond donors (Lipinski definition) is 2.